The summed E-state index contributed by atoms with van der Waals surface area (Å²) in [5, 5.41) is 1.37. The molecule has 1 heterocycles. The molecule has 0 amide bonds. The van der Waals surface area contributed by atoms with Gasteiger partial charge in [0.2, 0.25) is 0 Å². The van der Waals surface area contributed by atoms with Gasteiger partial charge in [-0.2, -0.15) is 0 Å². The lowest BCUT2D eigenvalue weighted by atomic mass is 10.1. The highest BCUT2D eigenvalue weighted by Crippen LogP contribution is 2.33. The topological polar surface area (TPSA) is 4.93 Å². The van der Waals surface area contributed by atoms with Crippen LogP contribution in [0.1, 0.15) is 24.1 Å². The summed E-state index contributed by atoms with van der Waals surface area (Å²) in [5.41, 5.74) is 5.43. The third kappa shape index (κ3) is 1.70. The van der Waals surface area contributed by atoms with Crippen LogP contribution in [0, 0.1) is 0 Å². The van der Waals surface area contributed by atoms with Gasteiger partial charge in [0.05, 0.1) is 5.52 Å². The van der Waals surface area contributed by atoms with Crippen molar-refractivity contribution in [2.45, 2.75) is 19.3 Å². The van der Waals surface area contributed by atoms with E-state index in [-0.39, 0.29) is 0 Å². The average molecular weight is 259 g/mol. The van der Waals surface area contributed by atoms with Gasteiger partial charge < -0.3 is 4.57 Å². The largest absolute Gasteiger partial charge is 0.313 e. The van der Waals surface area contributed by atoms with Crippen molar-refractivity contribution in [3.05, 3.63) is 71.9 Å². The standard InChI is InChI=1S/C19H17N/c1-3-9-15(10-4-1)20-18-13-6-2-5-11-16(18)17-12-7-8-14-19(17)20/h1,3-5,7-12,14H,2,6,13H2. The molecule has 0 spiro atoms. The van der Waals surface area contributed by atoms with E-state index in [4.69, 9.17) is 0 Å². The molecule has 1 nitrogen and oxygen atoms in total. The summed E-state index contributed by atoms with van der Waals surface area (Å²) in [6.07, 6.45) is 8.17. The van der Waals surface area contributed by atoms with E-state index < -0.39 is 0 Å². The lowest BCUT2D eigenvalue weighted by Gasteiger charge is -2.10. The monoisotopic (exact) mass is 259 g/mol. The third-order valence-corrected chi connectivity index (χ3v) is 4.10. The Balaban J connectivity index is 2.10. The Morgan fingerprint density at radius 2 is 1.65 bits per heavy atom. The van der Waals surface area contributed by atoms with Crippen LogP contribution in [0.4, 0.5) is 0 Å². The number of fused-ring (bicyclic) bond motifs is 3. The molecule has 0 saturated carbocycles. The van der Waals surface area contributed by atoms with Gasteiger partial charge in [0.25, 0.3) is 0 Å². The Bertz CT molecular complexity index is 778. The molecule has 0 unspecified atom stereocenters. The first-order chi connectivity index (χ1) is 9.95. The zero-order valence-electron chi connectivity index (χ0n) is 11.4. The van der Waals surface area contributed by atoms with Crippen LogP contribution < -0.4 is 0 Å². The zero-order chi connectivity index (χ0) is 13.4. The molecule has 0 saturated heterocycles. The number of allylic oxidation sites excluding steroid dienone is 1. The summed E-state index contributed by atoms with van der Waals surface area (Å²) < 4.78 is 2.43. The predicted molar refractivity (Wildman–Crippen MR) is 85.2 cm³/mol. The highest BCUT2D eigenvalue weighted by atomic mass is 15.0. The second-order valence-corrected chi connectivity index (χ2v) is 5.34. The van der Waals surface area contributed by atoms with Crippen molar-refractivity contribution < 1.29 is 0 Å². The van der Waals surface area contributed by atoms with Crippen molar-refractivity contribution >= 4 is 17.0 Å². The number of aromatic nitrogens is 1. The first kappa shape index (κ1) is 11.5. The van der Waals surface area contributed by atoms with E-state index in [1.807, 2.05) is 0 Å². The first-order valence-corrected chi connectivity index (χ1v) is 7.29. The van der Waals surface area contributed by atoms with E-state index in [1.54, 1.807) is 0 Å². The average Bonchev–Trinajstić information content (AvgIpc) is 2.65. The number of hydrogen-bond donors (Lipinski definition) is 0. The molecule has 0 radical (unpaired) electrons. The highest BCUT2D eigenvalue weighted by molar-refractivity contribution is 5.92. The molecule has 0 bridgehead atoms. The highest BCUT2D eigenvalue weighted by Gasteiger charge is 2.16. The normalized spacial score (nSPS) is 14.2. The van der Waals surface area contributed by atoms with Crippen molar-refractivity contribution in [1.29, 1.82) is 0 Å². The maximum atomic E-state index is 2.43. The molecule has 0 fully saturated rings. The van der Waals surface area contributed by atoms with Gasteiger partial charge in [-0.3, -0.25) is 0 Å². The fourth-order valence-corrected chi connectivity index (χ4v) is 3.21. The minimum absolute atomic E-state index is 1.14. The van der Waals surface area contributed by atoms with Gasteiger partial charge in [-0.1, -0.05) is 48.6 Å². The molecule has 0 aliphatic heterocycles. The van der Waals surface area contributed by atoms with Gasteiger partial charge in [0.1, 0.15) is 0 Å². The lowest BCUT2D eigenvalue weighted by Crippen LogP contribution is -2.00. The molecule has 1 aliphatic carbocycles. The molecule has 3 aromatic rings. The molecule has 4 rings (SSSR count). The minimum atomic E-state index is 1.14. The molecule has 0 atom stereocenters. The van der Waals surface area contributed by atoms with Crippen LogP contribution in [0.5, 0.6) is 0 Å². The van der Waals surface area contributed by atoms with Crippen LogP contribution in [0.3, 0.4) is 0 Å². The zero-order valence-corrected chi connectivity index (χ0v) is 11.4. The first-order valence-electron chi connectivity index (χ1n) is 7.29. The number of para-hydroxylation sites is 2. The Kier molecular flexibility index (Phi) is 2.70. The summed E-state index contributed by atoms with van der Waals surface area (Å²) in [4.78, 5) is 0. The smallest absolute Gasteiger partial charge is 0.0537 e. The minimum Gasteiger partial charge on any atom is -0.313 e. The number of hydrogen-bond acceptors (Lipinski definition) is 0. The Morgan fingerprint density at radius 1 is 0.850 bits per heavy atom. The molecule has 20 heavy (non-hydrogen) atoms. The SMILES string of the molecule is C1=Cc2c(n(-c3ccccc3)c3ccccc23)CCC1. The molecular formula is C19H17N. The molecule has 2 aromatic carbocycles. The van der Waals surface area contributed by atoms with E-state index in [1.165, 1.54) is 40.7 Å². The van der Waals surface area contributed by atoms with E-state index in [9.17, 15) is 0 Å². The van der Waals surface area contributed by atoms with Crippen LogP contribution in [-0.2, 0) is 6.42 Å². The van der Waals surface area contributed by atoms with Crippen LogP contribution in [-0.4, -0.2) is 4.57 Å². The second-order valence-electron chi connectivity index (χ2n) is 5.34. The number of nitrogens with zero attached hydrogens (tertiary/aromatic N) is 1. The molecule has 0 N–H and O–H groups in total. The lowest BCUT2D eigenvalue weighted by molar-refractivity contribution is 0.807. The number of rotatable bonds is 1. The Labute approximate surface area is 119 Å². The summed E-state index contributed by atoms with van der Waals surface area (Å²) in [6.45, 7) is 0. The predicted octanol–water partition coefficient (Wildman–Crippen LogP) is 4.98. The Morgan fingerprint density at radius 3 is 2.55 bits per heavy atom. The van der Waals surface area contributed by atoms with Gasteiger partial charge in [0, 0.05) is 22.3 Å². The Hall–Kier alpha value is -2.28. The van der Waals surface area contributed by atoms with Crippen LogP contribution in [0.25, 0.3) is 22.7 Å². The van der Waals surface area contributed by atoms with Crippen molar-refractivity contribution in [3.8, 4) is 5.69 Å². The van der Waals surface area contributed by atoms with Crippen LogP contribution in [0.15, 0.2) is 60.7 Å². The second kappa shape index (κ2) is 4.68. The molecule has 98 valence electrons. The van der Waals surface area contributed by atoms with Gasteiger partial charge in [0.15, 0.2) is 0 Å². The number of benzene rings is 2. The fraction of sp³-hybridized carbons (Fsp3) is 0.158. The molecule has 1 heteroatoms. The summed E-state index contributed by atoms with van der Waals surface area (Å²) >= 11 is 0. The van der Waals surface area contributed by atoms with Crippen molar-refractivity contribution in [2.75, 3.05) is 0 Å². The van der Waals surface area contributed by atoms with Gasteiger partial charge in [-0.15, -0.1) is 0 Å². The molecular weight excluding hydrogens is 242 g/mol. The van der Waals surface area contributed by atoms with E-state index >= 15 is 0 Å². The maximum Gasteiger partial charge on any atom is 0.0537 e. The van der Waals surface area contributed by atoms with Gasteiger partial charge >= 0.3 is 0 Å². The molecule has 1 aromatic heterocycles. The van der Waals surface area contributed by atoms with Crippen molar-refractivity contribution in [2.24, 2.45) is 0 Å². The fourth-order valence-electron chi connectivity index (χ4n) is 3.21. The van der Waals surface area contributed by atoms with Gasteiger partial charge in [-0.25, -0.2) is 0 Å². The van der Waals surface area contributed by atoms with Crippen LogP contribution in [0.2, 0.25) is 0 Å². The molecule has 1 aliphatic rings. The van der Waals surface area contributed by atoms with E-state index in [0.29, 0.717) is 0 Å². The third-order valence-electron chi connectivity index (χ3n) is 4.10. The van der Waals surface area contributed by atoms with Crippen molar-refractivity contribution in [1.82, 2.24) is 4.57 Å². The van der Waals surface area contributed by atoms with Gasteiger partial charge in [-0.05, 0) is 37.5 Å². The summed E-state index contributed by atoms with van der Waals surface area (Å²) in [7, 11) is 0. The van der Waals surface area contributed by atoms with Crippen molar-refractivity contribution in [3.63, 3.8) is 0 Å². The summed E-state index contributed by atoms with van der Waals surface area (Å²) in [6, 6.07) is 19.4. The van der Waals surface area contributed by atoms with E-state index in [0.717, 1.165) is 6.42 Å². The van der Waals surface area contributed by atoms with Crippen LogP contribution >= 0.6 is 0 Å². The maximum absolute atomic E-state index is 2.43. The van der Waals surface area contributed by atoms with E-state index in [2.05, 4.69) is 71.3 Å². The summed E-state index contributed by atoms with van der Waals surface area (Å²) in [5.74, 6) is 0. The quantitative estimate of drug-likeness (QED) is 0.581.